The zero-order chi connectivity index (χ0) is 24.5. The standard InChI is InChI=1S/C30H54O4/c1-7-22-26-18-21(33-8-2)13-15-30(26,5)25-14-16-29(4)23(20(3)10-9-17-31)11-12-24(29)27(25)28(22)34-19-32-6/h20-28,31H,7-19H2,1-6H3/t20-,21-,22-,23-,24?,25?,26+,27?,28?,29-,30-/m1/s1. The number of fused-ring (bicyclic) bond motifs is 5. The first-order valence-electron chi connectivity index (χ1n) is 14.7. The van der Waals surface area contributed by atoms with Crippen LogP contribution in [-0.2, 0) is 14.2 Å². The van der Waals surface area contributed by atoms with Crippen LogP contribution in [-0.4, -0.2) is 44.4 Å². The van der Waals surface area contributed by atoms with Gasteiger partial charge in [0.15, 0.2) is 0 Å². The lowest BCUT2D eigenvalue weighted by Gasteiger charge is -2.65. The van der Waals surface area contributed by atoms with Crippen LogP contribution in [0.15, 0.2) is 0 Å². The fraction of sp³-hybridized carbons (Fsp3) is 1.00. The van der Waals surface area contributed by atoms with Gasteiger partial charge in [0.1, 0.15) is 6.79 Å². The molecule has 0 aliphatic heterocycles. The van der Waals surface area contributed by atoms with Gasteiger partial charge in [0, 0.05) is 20.3 Å². The van der Waals surface area contributed by atoms with Crippen molar-refractivity contribution in [2.45, 2.75) is 111 Å². The van der Waals surface area contributed by atoms with Crippen molar-refractivity contribution in [1.29, 1.82) is 0 Å². The van der Waals surface area contributed by atoms with Crippen molar-refractivity contribution in [3.05, 3.63) is 0 Å². The van der Waals surface area contributed by atoms with Crippen LogP contribution in [0, 0.1) is 52.3 Å². The van der Waals surface area contributed by atoms with Crippen molar-refractivity contribution in [1.82, 2.24) is 0 Å². The fourth-order valence-corrected chi connectivity index (χ4v) is 10.3. The van der Waals surface area contributed by atoms with Gasteiger partial charge in [0.25, 0.3) is 0 Å². The van der Waals surface area contributed by atoms with Crippen molar-refractivity contribution in [2.75, 3.05) is 27.1 Å². The minimum atomic E-state index is 0.310. The zero-order valence-corrected chi connectivity index (χ0v) is 23.1. The molecule has 0 bridgehead atoms. The van der Waals surface area contributed by atoms with Crippen molar-refractivity contribution in [3.8, 4) is 0 Å². The molecule has 4 rings (SSSR count). The Hall–Kier alpha value is -0.160. The Morgan fingerprint density at radius 2 is 1.68 bits per heavy atom. The van der Waals surface area contributed by atoms with Crippen LogP contribution in [0.1, 0.15) is 98.8 Å². The molecule has 1 N–H and O–H groups in total. The summed E-state index contributed by atoms with van der Waals surface area (Å²) in [6.07, 6.45) is 13.2. The highest BCUT2D eigenvalue weighted by atomic mass is 16.7. The maximum absolute atomic E-state index is 9.44. The van der Waals surface area contributed by atoms with E-state index in [1.807, 2.05) is 0 Å². The van der Waals surface area contributed by atoms with Crippen LogP contribution in [0.3, 0.4) is 0 Å². The molecular formula is C30H54O4. The zero-order valence-electron chi connectivity index (χ0n) is 23.1. The third-order valence-corrected chi connectivity index (χ3v) is 11.7. The molecule has 11 atom stereocenters. The summed E-state index contributed by atoms with van der Waals surface area (Å²) >= 11 is 0. The van der Waals surface area contributed by atoms with Gasteiger partial charge in [-0.3, -0.25) is 0 Å². The molecular weight excluding hydrogens is 424 g/mol. The number of rotatable bonds is 10. The van der Waals surface area contributed by atoms with Crippen molar-refractivity contribution in [2.24, 2.45) is 52.3 Å². The van der Waals surface area contributed by atoms with E-state index in [-0.39, 0.29) is 0 Å². The number of ether oxygens (including phenoxy) is 3. The quantitative estimate of drug-likeness (QED) is 0.355. The summed E-state index contributed by atoms with van der Waals surface area (Å²) < 4.78 is 18.4. The average molecular weight is 479 g/mol. The van der Waals surface area contributed by atoms with Crippen LogP contribution >= 0.6 is 0 Å². The maximum atomic E-state index is 9.44. The molecule has 0 heterocycles. The number of methoxy groups -OCH3 is 1. The van der Waals surface area contributed by atoms with Crippen LogP contribution in [0.25, 0.3) is 0 Å². The van der Waals surface area contributed by atoms with E-state index in [4.69, 9.17) is 14.2 Å². The second-order valence-corrected chi connectivity index (χ2v) is 12.9. The first-order valence-corrected chi connectivity index (χ1v) is 14.7. The van der Waals surface area contributed by atoms with Gasteiger partial charge in [-0.25, -0.2) is 0 Å². The molecule has 4 aliphatic carbocycles. The molecule has 4 fully saturated rings. The topological polar surface area (TPSA) is 47.9 Å². The van der Waals surface area contributed by atoms with E-state index in [1.54, 1.807) is 7.11 Å². The smallest absolute Gasteiger partial charge is 0.146 e. The first kappa shape index (κ1) is 26.9. The molecule has 4 nitrogen and oxygen atoms in total. The normalized spacial score (nSPS) is 47.0. The van der Waals surface area contributed by atoms with Gasteiger partial charge in [-0.15, -0.1) is 0 Å². The van der Waals surface area contributed by atoms with E-state index < -0.39 is 0 Å². The van der Waals surface area contributed by atoms with E-state index in [0.717, 1.165) is 37.2 Å². The number of aliphatic hydroxyl groups is 1. The van der Waals surface area contributed by atoms with Gasteiger partial charge in [-0.2, -0.15) is 0 Å². The lowest BCUT2D eigenvalue weighted by molar-refractivity contribution is -0.236. The molecule has 4 saturated carbocycles. The summed E-state index contributed by atoms with van der Waals surface area (Å²) in [6, 6.07) is 0. The van der Waals surface area contributed by atoms with Crippen LogP contribution in [0.5, 0.6) is 0 Å². The molecule has 0 saturated heterocycles. The van der Waals surface area contributed by atoms with Gasteiger partial charge in [-0.1, -0.05) is 34.1 Å². The predicted octanol–water partition coefficient (Wildman–Crippen LogP) is 6.69. The minimum Gasteiger partial charge on any atom is -0.396 e. The van der Waals surface area contributed by atoms with Crippen LogP contribution < -0.4 is 0 Å². The monoisotopic (exact) mass is 478 g/mol. The highest BCUT2D eigenvalue weighted by molar-refractivity contribution is 5.14. The van der Waals surface area contributed by atoms with Crippen molar-refractivity contribution in [3.63, 3.8) is 0 Å². The van der Waals surface area contributed by atoms with Gasteiger partial charge in [0.05, 0.1) is 12.2 Å². The Labute approximate surface area is 209 Å². The summed E-state index contributed by atoms with van der Waals surface area (Å²) in [7, 11) is 1.77. The summed E-state index contributed by atoms with van der Waals surface area (Å²) in [4.78, 5) is 0. The molecule has 0 amide bonds. The minimum absolute atomic E-state index is 0.310. The van der Waals surface area contributed by atoms with Gasteiger partial charge < -0.3 is 19.3 Å². The molecule has 4 aliphatic rings. The fourth-order valence-electron chi connectivity index (χ4n) is 10.3. The third-order valence-electron chi connectivity index (χ3n) is 11.7. The lowest BCUT2D eigenvalue weighted by Crippen LogP contribution is -2.62. The molecule has 0 aromatic carbocycles. The largest absolute Gasteiger partial charge is 0.396 e. The van der Waals surface area contributed by atoms with Crippen molar-refractivity contribution >= 4 is 0 Å². The van der Waals surface area contributed by atoms with Crippen LogP contribution in [0.2, 0.25) is 0 Å². The average Bonchev–Trinajstić information content (AvgIpc) is 3.18. The Bertz CT molecular complexity index is 654. The third kappa shape index (κ3) is 4.52. The SMILES string of the molecule is CCO[C@@H]1CC[C@]2(C)C3CC[C@@]4(C)C(CC[C@@H]4[C@H](C)CCCO)C3C(OCOC)[C@H](CC)[C@@H]2C1. The molecule has 4 unspecified atom stereocenters. The Balaban J connectivity index is 1.66. The number of hydrogen-bond acceptors (Lipinski definition) is 4. The molecule has 198 valence electrons. The first-order chi connectivity index (χ1) is 16.4. The Morgan fingerprint density at radius 3 is 2.35 bits per heavy atom. The van der Waals surface area contributed by atoms with Crippen molar-refractivity contribution < 1.29 is 19.3 Å². The summed E-state index contributed by atoms with van der Waals surface area (Å²) in [6.45, 7) is 13.9. The maximum Gasteiger partial charge on any atom is 0.146 e. The van der Waals surface area contributed by atoms with Gasteiger partial charge in [0.2, 0.25) is 0 Å². The van der Waals surface area contributed by atoms with E-state index in [2.05, 4.69) is 34.6 Å². The summed E-state index contributed by atoms with van der Waals surface area (Å²) in [5.74, 6) is 4.94. The number of aliphatic hydroxyl groups excluding tert-OH is 1. The van der Waals surface area contributed by atoms with E-state index >= 15 is 0 Å². The molecule has 0 spiro atoms. The molecule has 34 heavy (non-hydrogen) atoms. The van der Waals surface area contributed by atoms with Crippen LogP contribution in [0.4, 0.5) is 0 Å². The van der Waals surface area contributed by atoms with E-state index in [1.165, 1.54) is 51.4 Å². The van der Waals surface area contributed by atoms with Gasteiger partial charge >= 0.3 is 0 Å². The highest BCUT2D eigenvalue weighted by Crippen LogP contribution is 2.70. The molecule has 0 aromatic rings. The number of hydrogen-bond donors (Lipinski definition) is 1. The predicted molar refractivity (Wildman–Crippen MR) is 137 cm³/mol. The Morgan fingerprint density at radius 1 is 0.941 bits per heavy atom. The summed E-state index contributed by atoms with van der Waals surface area (Å²) in [5, 5.41) is 9.44. The molecule has 0 radical (unpaired) electrons. The van der Waals surface area contributed by atoms with Gasteiger partial charge in [-0.05, 0) is 117 Å². The summed E-state index contributed by atoms with van der Waals surface area (Å²) in [5.41, 5.74) is 0.822. The molecule has 0 aromatic heterocycles. The second-order valence-electron chi connectivity index (χ2n) is 12.9. The van der Waals surface area contributed by atoms with E-state index in [9.17, 15) is 5.11 Å². The molecule has 4 heteroatoms. The second kappa shape index (κ2) is 11.1. The lowest BCUT2D eigenvalue weighted by atomic mass is 9.41. The van der Waals surface area contributed by atoms with E-state index in [0.29, 0.717) is 60.1 Å². The Kier molecular flexibility index (Phi) is 8.76. The highest BCUT2D eigenvalue weighted by Gasteiger charge is 2.65.